The molecule has 132 valence electrons. The van der Waals surface area contributed by atoms with E-state index < -0.39 is 0 Å². The van der Waals surface area contributed by atoms with E-state index in [-0.39, 0.29) is 24.0 Å². The Morgan fingerprint density at radius 1 is 1.29 bits per heavy atom. The monoisotopic (exact) mass is 476 g/mol. The van der Waals surface area contributed by atoms with Gasteiger partial charge in [0.2, 0.25) is 0 Å². The Morgan fingerprint density at radius 3 is 2.92 bits per heavy atom. The second-order valence-electron chi connectivity index (χ2n) is 5.77. The van der Waals surface area contributed by atoms with Gasteiger partial charge < -0.3 is 10.6 Å². The van der Waals surface area contributed by atoms with E-state index in [1.165, 1.54) is 46.8 Å². The van der Waals surface area contributed by atoms with Gasteiger partial charge in [-0.3, -0.25) is 4.99 Å². The molecule has 0 aromatic carbocycles. The van der Waals surface area contributed by atoms with E-state index in [1.807, 2.05) is 18.4 Å². The summed E-state index contributed by atoms with van der Waals surface area (Å²) in [6.07, 6.45) is 7.22. The molecule has 1 aliphatic carbocycles. The molecule has 1 aliphatic rings. The first-order valence-corrected chi connectivity index (χ1v) is 10.0. The highest BCUT2D eigenvalue weighted by molar-refractivity contribution is 14.0. The number of thiazole rings is 1. The van der Waals surface area contributed by atoms with Crippen molar-refractivity contribution in [3.63, 3.8) is 0 Å². The smallest absolute Gasteiger partial charge is 0.191 e. The van der Waals surface area contributed by atoms with Crippen LogP contribution >= 0.6 is 46.7 Å². The Labute approximate surface area is 169 Å². The number of aromatic nitrogens is 1. The third-order valence-corrected chi connectivity index (χ3v) is 5.96. The summed E-state index contributed by atoms with van der Waals surface area (Å²) in [5.41, 5.74) is 2.67. The zero-order valence-corrected chi connectivity index (χ0v) is 18.0. The number of fused-ring (bicyclic) bond motifs is 1. The van der Waals surface area contributed by atoms with Gasteiger partial charge in [-0.2, -0.15) is 11.3 Å². The standard InChI is InChI=1S/C17H24N4S2.HI/c1-18-17(20-11-13-8-10-22-12-13)19-9-4-7-16-21-14-5-2-3-6-15(14)23-16;/h8,10,12H,2-7,9,11H2,1H3,(H2,18,19,20);1H. The molecule has 0 atom stereocenters. The lowest BCUT2D eigenvalue weighted by Gasteiger charge is -2.10. The molecule has 2 aromatic heterocycles. The van der Waals surface area contributed by atoms with E-state index in [2.05, 4.69) is 32.5 Å². The highest BCUT2D eigenvalue weighted by Gasteiger charge is 2.14. The van der Waals surface area contributed by atoms with Crippen LogP contribution in [0.4, 0.5) is 0 Å². The normalized spacial score (nSPS) is 14.0. The highest BCUT2D eigenvalue weighted by Crippen LogP contribution is 2.27. The SMILES string of the molecule is CN=C(NCCCc1nc2c(s1)CCCC2)NCc1ccsc1.I. The van der Waals surface area contributed by atoms with Crippen molar-refractivity contribution in [2.75, 3.05) is 13.6 Å². The van der Waals surface area contributed by atoms with Crippen molar-refractivity contribution in [2.24, 2.45) is 4.99 Å². The number of hydrogen-bond acceptors (Lipinski definition) is 4. The molecule has 24 heavy (non-hydrogen) atoms. The summed E-state index contributed by atoms with van der Waals surface area (Å²) >= 11 is 3.65. The molecule has 0 aliphatic heterocycles. The Bertz CT molecular complexity index is 614. The Kier molecular flexibility index (Phi) is 8.48. The Morgan fingerprint density at radius 2 is 2.17 bits per heavy atom. The largest absolute Gasteiger partial charge is 0.356 e. The van der Waals surface area contributed by atoms with Crippen molar-refractivity contribution < 1.29 is 0 Å². The number of aryl methyl sites for hydroxylation is 3. The molecule has 0 radical (unpaired) electrons. The fourth-order valence-electron chi connectivity index (χ4n) is 2.76. The number of aliphatic imine (C=N–C) groups is 1. The van der Waals surface area contributed by atoms with Crippen LogP contribution in [-0.2, 0) is 25.8 Å². The second-order valence-corrected chi connectivity index (χ2v) is 7.72. The lowest BCUT2D eigenvalue weighted by molar-refractivity contribution is 0.678. The zero-order chi connectivity index (χ0) is 15.9. The first kappa shape index (κ1) is 19.7. The molecule has 2 aromatic rings. The van der Waals surface area contributed by atoms with E-state index in [9.17, 15) is 0 Å². The first-order valence-electron chi connectivity index (χ1n) is 8.28. The molecule has 0 amide bonds. The summed E-state index contributed by atoms with van der Waals surface area (Å²) in [5, 5.41) is 12.3. The summed E-state index contributed by atoms with van der Waals surface area (Å²) < 4.78 is 0. The van der Waals surface area contributed by atoms with Gasteiger partial charge in [0, 0.05) is 31.4 Å². The van der Waals surface area contributed by atoms with Gasteiger partial charge in [-0.1, -0.05) is 0 Å². The van der Waals surface area contributed by atoms with Crippen molar-refractivity contribution in [3.05, 3.63) is 38.0 Å². The fourth-order valence-corrected chi connectivity index (χ4v) is 4.63. The van der Waals surface area contributed by atoms with Crippen LogP contribution in [0.2, 0.25) is 0 Å². The minimum absolute atomic E-state index is 0. The molecule has 4 nitrogen and oxygen atoms in total. The van der Waals surface area contributed by atoms with Gasteiger partial charge in [0.05, 0.1) is 10.7 Å². The number of guanidine groups is 1. The maximum atomic E-state index is 4.80. The van der Waals surface area contributed by atoms with Crippen molar-refractivity contribution in [1.29, 1.82) is 0 Å². The number of thiophene rings is 1. The van der Waals surface area contributed by atoms with Gasteiger partial charge in [-0.05, 0) is 54.5 Å². The van der Waals surface area contributed by atoms with Gasteiger partial charge in [0.25, 0.3) is 0 Å². The molecule has 7 heteroatoms. The van der Waals surface area contributed by atoms with E-state index in [1.54, 1.807) is 11.3 Å². The maximum absolute atomic E-state index is 4.80. The summed E-state index contributed by atoms with van der Waals surface area (Å²) in [4.78, 5) is 10.6. The minimum Gasteiger partial charge on any atom is -0.356 e. The van der Waals surface area contributed by atoms with Crippen LogP contribution in [0.1, 0.15) is 40.4 Å². The molecular formula is C17H25IN4S2. The van der Waals surface area contributed by atoms with Gasteiger partial charge in [-0.25, -0.2) is 4.98 Å². The summed E-state index contributed by atoms with van der Waals surface area (Å²) in [6.45, 7) is 1.75. The predicted octanol–water partition coefficient (Wildman–Crippen LogP) is 4.00. The predicted molar refractivity (Wildman–Crippen MR) is 115 cm³/mol. The van der Waals surface area contributed by atoms with Gasteiger partial charge in [0.15, 0.2) is 5.96 Å². The lowest BCUT2D eigenvalue weighted by Crippen LogP contribution is -2.37. The number of nitrogens with one attached hydrogen (secondary N) is 2. The van der Waals surface area contributed by atoms with Gasteiger partial charge >= 0.3 is 0 Å². The van der Waals surface area contributed by atoms with Crippen molar-refractivity contribution in [1.82, 2.24) is 15.6 Å². The number of rotatable bonds is 6. The maximum Gasteiger partial charge on any atom is 0.191 e. The minimum atomic E-state index is 0. The highest BCUT2D eigenvalue weighted by atomic mass is 127. The summed E-state index contributed by atoms with van der Waals surface area (Å²) in [6, 6.07) is 2.13. The van der Waals surface area contributed by atoms with Crippen LogP contribution in [0, 0.1) is 0 Å². The second kappa shape index (κ2) is 10.4. The average molecular weight is 476 g/mol. The van der Waals surface area contributed by atoms with E-state index in [4.69, 9.17) is 4.98 Å². The summed E-state index contributed by atoms with van der Waals surface area (Å²) in [7, 11) is 1.82. The molecule has 3 rings (SSSR count). The Balaban J connectivity index is 0.00000208. The molecule has 0 saturated heterocycles. The lowest BCUT2D eigenvalue weighted by atomic mass is 10.0. The van der Waals surface area contributed by atoms with Crippen molar-refractivity contribution in [2.45, 2.75) is 45.1 Å². The van der Waals surface area contributed by atoms with Gasteiger partial charge in [-0.15, -0.1) is 35.3 Å². The molecule has 2 N–H and O–H groups in total. The van der Waals surface area contributed by atoms with Gasteiger partial charge in [0.1, 0.15) is 0 Å². The number of halogens is 1. The van der Waals surface area contributed by atoms with Crippen LogP contribution in [-0.4, -0.2) is 24.5 Å². The van der Waals surface area contributed by atoms with Crippen molar-refractivity contribution >= 4 is 52.6 Å². The van der Waals surface area contributed by atoms with Crippen LogP contribution in [0.3, 0.4) is 0 Å². The average Bonchev–Trinajstić information content (AvgIpc) is 3.23. The molecule has 0 bridgehead atoms. The summed E-state index contributed by atoms with van der Waals surface area (Å²) in [5.74, 6) is 0.870. The first-order chi connectivity index (χ1) is 11.3. The van der Waals surface area contributed by atoms with Crippen molar-refractivity contribution in [3.8, 4) is 0 Å². The Hall–Kier alpha value is -0.670. The molecule has 0 spiro atoms. The molecule has 0 saturated carbocycles. The van der Waals surface area contributed by atoms with E-state index in [0.717, 1.165) is 31.9 Å². The van der Waals surface area contributed by atoms with Crippen LogP contribution in [0.15, 0.2) is 21.8 Å². The fraction of sp³-hybridized carbons (Fsp3) is 0.529. The molecular weight excluding hydrogens is 451 g/mol. The van der Waals surface area contributed by atoms with Crippen LogP contribution in [0.25, 0.3) is 0 Å². The quantitative estimate of drug-likeness (QED) is 0.287. The molecule has 0 fully saturated rings. The molecule has 2 heterocycles. The molecule has 0 unspecified atom stereocenters. The van der Waals surface area contributed by atoms with E-state index >= 15 is 0 Å². The third-order valence-electron chi connectivity index (χ3n) is 4.01. The number of nitrogens with zero attached hydrogens (tertiary/aromatic N) is 2. The van der Waals surface area contributed by atoms with Crippen LogP contribution in [0.5, 0.6) is 0 Å². The zero-order valence-electron chi connectivity index (χ0n) is 14.0. The van der Waals surface area contributed by atoms with E-state index in [0.29, 0.717) is 0 Å². The third kappa shape index (κ3) is 5.70. The topological polar surface area (TPSA) is 49.3 Å². The number of hydrogen-bond donors (Lipinski definition) is 2. The van der Waals surface area contributed by atoms with Crippen LogP contribution < -0.4 is 10.6 Å².